The molecule has 3 nitrogen and oxygen atoms in total. The highest BCUT2D eigenvalue weighted by atomic mass is 16.7. The van der Waals surface area contributed by atoms with Crippen molar-refractivity contribution in [3.63, 3.8) is 0 Å². The third kappa shape index (κ3) is 3.59. The molecule has 15 heavy (non-hydrogen) atoms. The van der Waals surface area contributed by atoms with Gasteiger partial charge < -0.3 is 14.2 Å². The first-order valence-corrected chi connectivity index (χ1v) is 5.61. The Morgan fingerprint density at radius 2 is 2.13 bits per heavy atom. The van der Waals surface area contributed by atoms with E-state index in [2.05, 4.69) is 6.58 Å². The molecule has 0 aromatic heterocycles. The van der Waals surface area contributed by atoms with E-state index in [0.717, 1.165) is 19.4 Å². The van der Waals surface area contributed by atoms with E-state index in [1.54, 1.807) is 14.2 Å². The number of rotatable bonds is 6. The van der Waals surface area contributed by atoms with Gasteiger partial charge in [0.1, 0.15) is 0 Å². The van der Waals surface area contributed by atoms with Crippen LogP contribution < -0.4 is 0 Å². The summed E-state index contributed by atoms with van der Waals surface area (Å²) in [4.78, 5) is 0. The SMILES string of the molecule is C=CC[C@@H](C(OC)OC)[C@H]1CCCCO1. The third-order valence-corrected chi connectivity index (χ3v) is 2.95. The molecular formula is C12H22O3. The zero-order valence-corrected chi connectivity index (χ0v) is 9.78. The van der Waals surface area contributed by atoms with Crippen molar-refractivity contribution in [2.24, 2.45) is 5.92 Å². The number of hydrogen-bond acceptors (Lipinski definition) is 3. The molecule has 0 aromatic carbocycles. The fraction of sp³-hybridized carbons (Fsp3) is 0.833. The Morgan fingerprint density at radius 3 is 2.60 bits per heavy atom. The molecule has 1 rings (SSSR count). The molecule has 1 heterocycles. The van der Waals surface area contributed by atoms with E-state index in [9.17, 15) is 0 Å². The molecule has 0 N–H and O–H groups in total. The van der Waals surface area contributed by atoms with Gasteiger partial charge in [0.05, 0.1) is 6.10 Å². The summed E-state index contributed by atoms with van der Waals surface area (Å²) in [5.41, 5.74) is 0. The Kier molecular flexibility index (Phi) is 5.91. The standard InChI is InChI=1S/C12H22O3/c1-4-7-10(12(13-2)14-3)11-8-5-6-9-15-11/h4,10-12H,1,5-9H2,2-3H3/t10-,11-/m1/s1. The smallest absolute Gasteiger partial charge is 0.162 e. The van der Waals surface area contributed by atoms with Crippen LogP contribution in [0.25, 0.3) is 0 Å². The van der Waals surface area contributed by atoms with E-state index >= 15 is 0 Å². The van der Waals surface area contributed by atoms with Gasteiger partial charge in [0.15, 0.2) is 6.29 Å². The fourth-order valence-corrected chi connectivity index (χ4v) is 2.18. The zero-order chi connectivity index (χ0) is 11.1. The summed E-state index contributed by atoms with van der Waals surface area (Å²) in [5, 5.41) is 0. The first-order valence-electron chi connectivity index (χ1n) is 5.61. The highest BCUT2D eigenvalue weighted by Gasteiger charge is 2.30. The van der Waals surface area contributed by atoms with E-state index in [4.69, 9.17) is 14.2 Å². The van der Waals surface area contributed by atoms with Crippen LogP contribution in [0.4, 0.5) is 0 Å². The number of hydrogen-bond donors (Lipinski definition) is 0. The van der Waals surface area contributed by atoms with Crippen molar-refractivity contribution in [3.8, 4) is 0 Å². The second-order valence-corrected chi connectivity index (χ2v) is 3.93. The summed E-state index contributed by atoms with van der Waals surface area (Å²) in [6, 6.07) is 0. The van der Waals surface area contributed by atoms with Crippen molar-refractivity contribution in [1.29, 1.82) is 0 Å². The van der Waals surface area contributed by atoms with E-state index < -0.39 is 0 Å². The maximum atomic E-state index is 5.77. The van der Waals surface area contributed by atoms with Gasteiger partial charge in [-0.15, -0.1) is 6.58 Å². The minimum atomic E-state index is -0.189. The van der Waals surface area contributed by atoms with Gasteiger partial charge in [-0.3, -0.25) is 0 Å². The van der Waals surface area contributed by atoms with Gasteiger partial charge in [-0.05, 0) is 25.7 Å². The van der Waals surface area contributed by atoms with Crippen LogP contribution >= 0.6 is 0 Å². The quantitative estimate of drug-likeness (QED) is 0.502. The fourth-order valence-electron chi connectivity index (χ4n) is 2.18. The first kappa shape index (κ1) is 12.7. The Labute approximate surface area is 92.4 Å². The van der Waals surface area contributed by atoms with Crippen LogP contribution in [0.5, 0.6) is 0 Å². The topological polar surface area (TPSA) is 27.7 Å². The number of methoxy groups -OCH3 is 2. The maximum absolute atomic E-state index is 5.77. The van der Waals surface area contributed by atoms with Crippen molar-refractivity contribution in [1.82, 2.24) is 0 Å². The maximum Gasteiger partial charge on any atom is 0.162 e. The second kappa shape index (κ2) is 6.99. The molecule has 0 amide bonds. The molecule has 0 aromatic rings. The van der Waals surface area contributed by atoms with Crippen molar-refractivity contribution in [2.75, 3.05) is 20.8 Å². The zero-order valence-electron chi connectivity index (χ0n) is 9.78. The molecule has 1 aliphatic rings. The molecule has 0 unspecified atom stereocenters. The molecule has 0 bridgehead atoms. The van der Waals surface area contributed by atoms with Crippen LogP contribution in [-0.2, 0) is 14.2 Å². The predicted molar refractivity (Wildman–Crippen MR) is 59.7 cm³/mol. The molecule has 0 spiro atoms. The third-order valence-electron chi connectivity index (χ3n) is 2.95. The lowest BCUT2D eigenvalue weighted by Gasteiger charge is -2.33. The highest BCUT2D eigenvalue weighted by molar-refractivity contribution is 4.82. The second-order valence-electron chi connectivity index (χ2n) is 3.93. The van der Waals surface area contributed by atoms with Crippen molar-refractivity contribution in [3.05, 3.63) is 12.7 Å². The van der Waals surface area contributed by atoms with Crippen LogP contribution in [0.15, 0.2) is 12.7 Å². The largest absolute Gasteiger partial charge is 0.378 e. The molecule has 1 saturated heterocycles. The lowest BCUT2D eigenvalue weighted by atomic mass is 9.92. The van der Waals surface area contributed by atoms with Gasteiger partial charge in [-0.1, -0.05) is 6.08 Å². The van der Waals surface area contributed by atoms with Crippen molar-refractivity contribution >= 4 is 0 Å². The van der Waals surface area contributed by atoms with Crippen LogP contribution in [0.3, 0.4) is 0 Å². The molecule has 1 aliphatic heterocycles. The minimum absolute atomic E-state index is 0.189. The average Bonchev–Trinajstić information content (AvgIpc) is 2.30. The van der Waals surface area contributed by atoms with E-state index in [1.807, 2.05) is 6.08 Å². The van der Waals surface area contributed by atoms with Gasteiger partial charge in [-0.25, -0.2) is 0 Å². The predicted octanol–water partition coefficient (Wildman–Crippen LogP) is 2.37. The lowest BCUT2D eigenvalue weighted by molar-refractivity contribution is -0.174. The summed E-state index contributed by atoms with van der Waals surface area (Å²) in [6.07, 6.45) is 6.35. The van der Waals surface area contributed by atoms with Crippen LogP contribution in [-0.4, -0.2) is 33.2 Å². The number of allylic oxidation sites excluding steroid dienone is 1. The van der Waals surface area contributed by atoms with Gasteiger partial charge in [0.2, 0.25) is 0 Å². The summed E-state index contributed by atoms with van der Waals surface area (Å²) in [7, 11) is 3.35. The van der Waals surface area contributed by atoms with Gasteiger partial charge >= 0.3 is 0 Å². The van der Waals surface area contributed by atoms with Crippen LogP contribution in [0, 0.1) is 5.92 Å². The molecule has 3 heteroatoms. The Balaban J connectivity index is 2.57. The molecule has 88 valence electrons. The monoisotopic (exact) mass is 214 g/mol. The van der Waals surface area contributed by atoms with Crippen LogP contribution in [0.1, 0.15) is 25.7 Å². The van der Waals surface area contributed by atoms with Crippen molar-refractivity contribution < 1.29 is 14.2 Å². The summed E-state index contributed by atoms with van der Waals surface area (Å²) in [6.45, 7) is 4.64. The van der Waals surface area contributed by atoms with Gasteiger partial charge in [-0.2, -0.15) is 0 Å². The molecular weight excluding hydrogens is 192 g/mol. The van der Waals surface area contributed by atoms with E-state index in [1.165, 1.54) is 12.8 Å². The first-order chi connectivity index (χ1) is 7.33. The minimum Gasteiger partial charge on any atom is -0.378 e. The molecule has 0 aliphatic carbocycles. The van der Waals surface area contributed by atoms with Gasteiger partial charge in [0.25, 0.3) is 0 Å². The number of ether oxygens (including phenoxy) is 3. The Morgan fingerprint density at radius 1 is 1.40 bits per heavy atom. The molecule has 0 radical (unpaired) electrons. The van der Waals surface area contributed by atoms with Gasteiger partial charge in [0, 0.05) is 26.7 Å². The Hall–Kier alpha value is -0.380. The molecule has 2 atom stereocenters. The van der Waals surface area contributed by atoms with E-state index in [0.29, 0.717) is 0 Å². The average molecular weight is 214 g/mol. The van der Waals surface area contributed by atoms with Crippen LogP contribution in [0.2, 0.25) is 0 Å². The normalized spacial score (nSPS) is 24.1. The van der Waals surface area contributed by atoms with E-state index in [-0.39, 0.29) is 18.3 Å². The molecule has 0 saturated carbocycles. The highest BCUT2D eigenvalue weighted by Crippen LogP contribution is 2.27. The lowest BCUT2D eigenvalue weighted by Crippen LogP contribution is -2.37. The summed E-state index contributed by atoms with van der Waals surface area (Å²) < 4.78 is 16.4. The Bertz CT molecular complexity index is 172. The van der Waals surface area contributed by atoms with Crippen molar-refractivity contribution in [2.45, 2.75) is 38.1 Å². The molecule has 1 fully saturated rings. The summed E-state index contributed by atoms with van der Waals surface area (Å²) in [5.74, 6) is 0.262. The summed E-state index contributed by atoms with van der Waals surface area (Å²) >= 11 is 0.